The molecule has 0 spiro atoms. The molecule has 0 aliphatic carbocycles. The molecule has 1 aliphatic rings. The van der Waals surface area contributed by atoms with Crippen molar-refractivity contribution in [2.45, 2.75) is 32.6 Å². The molecular formula is C14H21NO. The first kappa shape index (κ1) is 11.5. The molecule has 1 atom stereocenters. The van der Waals surface area contributed by atoms with E-state index in [2.05, 4.69) is 25.1 Å². The summed E-state index contributed by atoms with van der Waals surface area (Å²) in [6.45, 7) is 3.92. The minimum atomic E-state index is 0.674. The zero-order valence-corrected chi connectivity index (χ0v) is 10.0. The van der Waals surface area contributed by atoms with Gasteiger partial charge in [0.15, 0.2) is 0 Å². The molecule has 2 N–H and O–H groups in total. The van der Waals surface area contributed by atoms with Crippen molar-refractivity contribution in [1.29, 1.82) is 0 Å². The summed E-state index contributed by atoms with van der Waals surface area (Å²) in [5.74, 6) is 1.76. The average Bonchev–Trinajstić information content (AvgIpc) is 2.29. The Morgan fingerprint density at radius 3 is 3.12 bits per heavy atom. The van der Waals surface area contributed by atoms with Crippen molar-refractivity contribution in [1.82, 2.24) is 0 Å². The average molecular weight is 219 g/mol. The number of benzene rings is 1. The van der Waals surface area contributed by atoms with Crippen molar-refractivity contribution in [2.75, 3.05) is 13.2 Å². The summed E-state index contributed by atoms with van der Waals surface area (Å²) in [5, 5.41) is 0. The highest BCUT2D eigenvalue weighted by Crippen LogP contribution is 2.26. The lowest BCUT2D eigenvalue weighted by Crippen LogP contribution is -2.10. The Morgan fingerprint density at radius 1 is 1.44 bits per heavy atom. The van der Waals surface area contributed by atoms with Crippen LogP contribution in [0.2, 0.25) is 0 Å². The van der Waals surface area contributed by atoms with Crippen LogP contribution in [-0.4, -0.2) is 13.2 Å². The molecule has 2 rings (SSSR count). The normalized spacial score (nSPS) is 16.4. The maximum absolute atomic E-state index is 5.61. The zero-order valence-electron chi connectivity index (χ0n) is 10.0. The molecule has 2 nitrogen and oxygen atoms in total. The van der Waals surface area contributed by atoms with Gasteiger partial charge >= 0.3 is 0 Å². The van der Waals surface area contributed by atoms with Crippen LogP contribution in [0.1, 0.15) is 30.9 Å². The molecule has 88 valence electrons. The van der Waals surface area contributed by atoms with Crippen LogP contribution in [0.3, 0.4) is 0 Å². The minimum Gasteiger partial charge on any atom is -0.493 e. The highest BCUT2D eigenvalue weighted by atomic mass is 16.5. The predicted octanol–water partition coefficient (Wildman–Crippen LogP) is 2.54. The third-order valence-corrected chi connectivity index (χ3v) is 3.22. The fraction of sp³-hybridized carbons (Fsp3) is 0.571. The van der Waals surface area contributed by atoms with Crippen LogP contribution in [-0.2, 0) is 12.8 Å². The Labute approximate surface area is 97.8 Å². The highest BCUT2D eigenvalue weighted by Gasteiger charge is 2.11. The molecule has 0 aromatic heterocycles. The Bertz CT molecular complexity index is 349. The largest absolute Gasteiger partial charge is 0.493 e. The van der Waals surface area contributed by atoms with Gasteiger partial charge < -0.3 is 10.5 Å². The van der Waals surface area contributed by atoms with Gasteiger partial charge in [-0.1, -0.05) is 19.1 Å². The second-order valence-corrected chi connectivity index (χ2v) is 4.78. The van der Waals surface area contributed by atoms with Crippen molar-refractivity contribution in [3.63, 3.8) is 0 Å². The fourth-order valence-corrected chi connectivity index (χ4v) is 2.33. The third kappa shape index (κ3) is 2.76. The zero-order chi connectivity index (χ0) is 11.4. The van der Waals surface area contributed by atoms with E-state index in [-0.39, 0.29) is 0 Å². The lowest BCUT2D eigenvalue weighted by Gasteiger charge is -2.18. The topological polar surface area (TPSA) is 35.2 Å². The number of fused-ring (bicyclic) bond motifs is 1. The van der Waals surface area contributed by atoms with E-state index < -0.39 is 0 Å². The number of rotatable bonds is 4. The first-order valence-electron chi connectivity index (χ1n) is 6.24. The molecule has 2 heteroatoms. The molecule has 1 aromatic rings. The summed E-state index contributed by atoms with van der Waals surface area (Å²) in [4.78, 5) is 0. The van der Waals surface area contributed by atoms with Gasteiger partial charge in [0.25, 0.3) is 0 Å². The van der Waals surface area contributed by atoms with Crippen LogP contribution in [0.25, 0.3) is 0 Å². The Balaban J connectivity index is 2.05. The van der Waals surface area contributed by atoms with Crippen LogP contribution in [0.4, 0.5) is 0 Å². The Kier molecular flexibility index (Phi) is 3.83. The molecule has 0 saturated heterocycles. The quantitative estimate of drug-likeness (QED) is 0.844. The van der Waals surface area contributed by atoms with Gasteiger partial charge in [0.05, 0.1) is 6.61 Å². The third-order valence-electron chi connectivity index (χ3n) is 3.22. The van der Waals surface area contributed by atoms with E-state index in [0.717, 1.165) is 44.6 Å². The Morgan fingerprint density at radius 2 is 2.31 bits per heavy atom. The first-order valence-corrected chi connectivity index (χ1v) is 6.24. The Hall–Kier alpha value is -1.02. The van der Waals surface area contributed by atoms with Gasteiger partial charge in [-0.3, -0.25) is 0 Å². The summed E-state index contributed by atoms with van der Waals surface area (Å²) in [5.41, 5.74) is 8.37. The van der Waals surface area contributed by atoms with Gasteiger partial charge in [-0.25, -0.2) is 0 Å². The minimum absolute atomic E-state index is 0.674. The van der Waals surface area contributed by atoms with Crippen LogP contribution in [0.5, 0.6) is 5.75 Å². The summed E-state index contributed by atoms with van der Waals surface area (Å²) >= 11 is 0. The number of ether oxygens (including phenoxy) is 1. The van der Waals surface area contributed by atoms with Gasteiger partial charge in [-0.05, 0) is 55.3 Å². The molecule has 1 aliphatic heterocycles. The van der Waals surface area contributed by atoms with Crippen molar-refractivity contribution in [3.8, 4) is 5.75 Å². The molecule has 1 aromatic carbocycles. The predicted molar refractivity (Wildman–Crippen MR) is 66.8 cm³/mol. The molecule has 0 bridgehead atoms. The molecule has 0 saturated carbocycles. The first-order chi connectivity index (χ1) is 7.79. The monoisotopic (exact) mass is 219 g/mol. The number of nitrogens with two attached hydrogens (primary N) is 1. The second-order valence-electron chi connectivity index (χ2n) is 4.78. The van der Waals surface area contributed by atoms with Crippen LogP contribution >= 0.6 is 0 Å². The van der Waals surface area contributed by atoms with E-state index in [9.17, 15) is 0 Å². The van der Waals surface area contributed by atoms with Gasteiger partial charge in [-0.2, -0.15) is 0 Å². The van der Waals surface area contributed by atoms with Crippen molar-refractivity contribution >= 4 is 0 Å². The van der Waals surface area contributed by atoms with E-state index in [1.54, 1.807) is 0 Å². The van der Waals surface area contributed by atoms with E-state index >= 15 is 0 Å². The van der Waals surface area contributed by atoms with E-state index in [1.165, 1.54) is 11.1 Å². The lowest BCUT2D eigenvalue weighted by molar-refractivity contribution is 0.288. The van der Waals surface area contributed by atoms with Gasteiger partial charge in [0, 0.05) is 0 Å². The fourth-order valence-electron chi connectivity index (χ4n) is 2.33. The lowest BCUT2D eigenvalue weighted by atomic mass is 9.95. The van der Waals surface area contributed by atoms with Crippen LogP contribution in [0, 0.1) is 5.92 Å². The smallest absolute Gasteiger partial charge is 0.122 e. The maximum atomic E-state index is 5.61. The van der Waals surface area contributed by atoms with E-state index in [0.29, 0.717) is 5.92 Å². The molecule has 0 radical (unpaired) electrons. The van der Waals surface area contributed by atoms with Crippen LogP contribution in [0.15, 0.2) is 18.2 Å². The van der Waals surface area contributed by atoms with Crippen molar-refractivity contribution < 1.29 is 4.74 Å². The number of aryl methyl sites for hydroxylation is 1. The molecule has 1 unspecified atom stereocenters. The standard InChI is InChI=1S/C14H21NO/c1-11(6-7-15)9-12-4-5-14-13(10-12)3-2-8-16-14/h4-5,10-11H,2-3,6-9,15H2,1H3. The van der Waals surface area contributed by atoms with Crippen LogP contribution < -0.4 is 10.5 Å². The van der Waals surface area contributed by atoms with Gasteiger partial charge in [0.1, 0.15) is 5.75 Å². The summed E-state index contributed by atoms with van der Waals surface area (Å²) in [7, 11) is 0. The molecular weight excluding hydrogens is 198 g/mol. The summed E-state index contributed by atoms with van der Waals surface area (Å²) in [6.07, 6.45) is 4.54. The van der Waals surface area contributed by atoms with Gasteiger partial charge in [-0.15, -0.1) is 0 Å². The number of hydrogen-bond donors (Lipinski definition) is 1. The second kappa shape index (κ2) is 5.35. The van der Waals surface area contributed by atoms with E-state index in [1.807, 2.05) is 0 Å². The maximum Gasteiger partial charge on any atom is 0.122 e. The van der Waals surface area contributed by atoms with Crippen molar-refractivity contribution in [2.24, 2.45) is 11.7 Å². The van der Waals surface area contributed by atoms with Crippen molar-refractivity contribution in [3.05, 3.63) is 29.3 Å². The van der Waals surface area contributed by atoms with Gasteiger partial charge in [0.2, 0.25) is 0 Å². The molecule has 1 heterocycles. The molecule has 0 fully saturated rings. The summed E-state index contributed by atoms with van der Waals surface area (Å²) in [6, 6.07) is 6.62. The summed E-state index contributed by atoms with van der Waals surface area (Å²) < 4.78 is 5.61. The number of hydrogen-bond acceptors (Lipinski definition) is 2. The SMILES string of the molecule is CC(CCN)Cc1ccc2c(c1)CCCO2. The molecule has 0 amide bonds. The van der Waals surface area contributed by atoms with E-state index in [4.69, 9.17) is 10.5 Å². The molecule has 16 heavy (non-hydrogen) atoms. The highest BCUT2D eigenvalue weighted by molar-refractivity contribution is 5.38.